The molecule has 2 amide bonds. The Kier molecular flexibility index (Phi) is 7.27. The lowest BCUT2D eigenvalue weighted by Crippen LogP contribution is -2.52. The van der Waals surface area contributed by atoms with Gasteiger partial charge in [0.1, 0.15) is 6.61 Å². The van der Waals surface area contributed by atoms with E-state index >= 15 is 0 Å². The van der Waals surface area contributed by atoms with Crippen LogP contribution in [0.2, 0.25) is 0 Å². The maximum absolute atomic E-state index is 12.3. The number of rotatable bonds is 8. The van der Waals surface area contributed by atoms with Gasteiger partial charge in [-0.25, -0.2) is 4.79 Å². The van der Waals surface area contributed by atoms with Crippen LogP contribution in [0.5, 0.6) is 0 Å². The summed E-state index contributed by atoms with van der Waals surface area (Å²) in [6.45, 7) is 1.13. The highest BCUT2D eigenvalue weighted by atomic mass is 16.5. The number of benzene rings is 2. The average molecular weight is 465 g/mol. The van der Waals surface area contributed by atoms with Gasteiger partial charge in [0.05, 0.1) is 12.0 Å². The van der Waals surface area contributed by atoms with Crippen LogP contribution in [-0.4, -0.2) is 55.0 Å². The molecule has 0 unspecified atom stereocenters. The molecule has 1 aliphatic heterocycles. The smallest absolute Gasteiger partial charge is 0.407 e. The summed E-state index contributed by atoms with van der Waals surface area (Å²) in [5.41, 5.74) is 3.77. The van der Waals surface area contributed by atoms with E-state index in [4.69, 9.17) is 9.47 Å². The number of carbonyl (C=O) groups is 3. The number of alkyl carbamates (subject to hydrolysis) is 1. The van der Waals surface area contributed by atoms with Crippen LogP contribution in [0.3, 0.4) is 0 Å². The molecule has 8 heteroatoms. The lowest BCUT2D eigenvalue weighted by Gasteiger charge is -2.36. The number of nitrogens with one attached hydrogen (secondary N) is 2. The second kappa shape index (κ2) is 10.5. The predicted molar refractivity (Wildman–Crippen MR) is 125 cm³/mol. The second-order valence-electron chi connectivity index (χ2n) is 8.56. The third-order valence-electron chi connectivity index (χ3n) is 6.31. The summed E-state index contributed by atoms with van der Waals surface area (Å²) < 4.78 is 10.8. The molecule has 1 aliphatic carbocycles. The largest absolute Gasteiger partial charge is 0.481 e. The van der Waals surface area contributed by atoms with Crippen LogP contribution in [0.1, 0.15) is 36.3 Å². The lowest BCUT2D eigenvalue weighted by molar-refractivity contribution is -0.140. The molecule has 3 N–H and O–H groups in total. The fourth-order valence-electron chi connectivity index (χ4n) is 4.66. The molecule has 1 heterocycles. The number of carboxylic acid groups (broad SMARTS) is 1. The number of fused-ring (bicyclic) bond motifs is 3. The third-order valence-corrected chi connectivity index (χ3v) is 6.31. The zero-order chi connectivity index (χ0) is 24.0. The number of amides is 2. The van der Waals surface area contributed by atoms with Crippen molar-refractivity contribution in [3.05, 3.63) is 71.8 Å². The Labute approximate surface area is 198 Å². The van der Waals surface area contributed by atoms with Crippen LogP contribution >= 0.6 is 0 Å². The van der Waals surface area contributed by atoms with Crippen molar-refractivity contribution in [3.63, 3.8) is 0 Å². The molecule has 0 aromatic heterocycles. The quantitative estimate of drug-likeness (QED) is 0.517. The molecule has 0 bridgehead atoms. The first-order valence-electron chi connectivity index (χ1n) is 11.3. The molecule has 8 nitrogen and oxygen atoms in total. The lowest BCUT2D eigenvalue weighted by atomic mass is 9.86. The van der Waals surface area contributed by atoms with Crippen molar-refractivity contribution in [3.8, 4) is 11.1 Å². The summed E-state index contributed by atoms with van der Waals surface area (Å²) in [5.74, 6) is -1.40. The topological polar surface area (TPSA) is 114 Å². The Bertz CT molecular complexity index is 1040. The molecule has 2 aromatic carbocycles. The maximum atomic E-state index is 12.3. The second-order valence-corrected chi connectivity index (χ2v) is 8.56. The normalized spacial score (nSPS) is 16.5. The zero-order valence-corrected chi connectivity index (χ0v) is 18.8. The summed E-state index contributed by atoms with van der Waals surface area (Å²) in [6.07, 6.45) is 2.95. The van der Waals surface area contributed by atoms with Crippen LogP contribution in [0.4, 0.5) is 4.79 Å². The van der Waals surface area contributed by atoms with Crippen molar-refractivity contribution in [2.45, 2.75) is 30.7 Å². The number of hydrogen-bond donors (Lipinski definition) is 3. The molecule has 4 rings (SSSR count). The molecular weight excluding hydrogens is 436 g/mol. The van der Waals surface area contributed by atoms with Gasteiger partial charge in [-0.1, -0.05) is 54.6 Å². The molecule has 1 saturated heterocycles. The molecule has 1 fully saturated rings. The van der Waals surface area contributed by atoms with Gasteiger partial charge in [-0.3, -0.25) is 9.59 Å². The molecule has 2 aromatic rings. The Morgan fingerprint density at radius 1 is 1.03 bits per heavy atom. The molecule has 0 radical (unpaired) electrons. The van der Waals surface area contributed by atoms with Crippen LogP contribution < -0.4 is 10.6 Å². The SMILES string of the molecule is O=C(O)CC1(NC(=O)/C=C/CNC(=O)OCC2c3ccccc3-c3ccccc32)CCOCC1. The van der Waals surface area contributed by atoms with Crippen molar-refractivity contribution in [1.82, 2.24) is 10.6 Å². The standard InChI is InChI=1S/C26H28N2O6/c29-23(28-26(16-24(30)31)11-14-33-15-12-26)10-5-13-27-25(32)34-17-22-20-8-3-1-6-18(20)19-7-2-4-9-21(19)22/h1-10,22H,11-17H2,(H,27,32)(H,28,29)(H,30,31)/b10-5+. The summed E-state index contributed by atoms with van der Waals surface area (Å²) >= 11 is 0. The molecular formula is C26H28N2O6. The first kappa shape index (κ1) is 23.5. The van der Waals surface area contributed by atoms with Gasteiger partial charge in [0.2, 0.25) is 5.91 Å². The van der Waals surface area contributed by atoms with Crippen molar-refractivity contribution >= 4 is 18.0 Å². The Hall–Kier alpha value is -3.65. The van der Waals surface area contributed by atoms with Gasteiger partial charge in [-0.15, -0.1) is 0 Å². The van der Waals surface area contributed by atoms with Crippen molar-refractivity contribution in [2.75, 3.05) is 26.4 Å². The van der Waals surface area contributed by atoms with Gasteiger partial charge < -0.3 is 25.2 Å². The van der Waals surface area contributed by atoms with E-state index in [1.165, 1.54) is 12.2 Å². The highest BCUT2D eigenvalue weighted by molar-refractivity contribution is 5.88. The van der Waals surface area contributed by atoms with Gasteiger partial charge in [-0.05, 0) is 35.1 Å². The van der Waals surface area contributed by atoms with Crippen LogP contribution in [0, 0.1) is 0 Å². The number of hydrogen-bond acceptors (Lipinski definition) is 5. The van der Waals surface area contributed by atoms with E-state index in [0.29, 0.717) is 26.1 Å². The number of aliphatic carboxylic acids is 1. The van der Waals surface area contributed by atoms with Gasteiger partial charge >= 0.3 is 12.1 Å². The van der Waals surface area contributed by atoms with E-state index in [1.807, 2.05) is 24.3 Å². The van der Waals surface area contributed by atoms with Crippen LogP contribution in [0.15, 0.2) is 60.7 Å². The van der Waals surface area contributed by atoms with E-state index in [9.17, 15) is 19.5 Å². The first-order chi connectivity index (χ1) is 16.5. The summed E-state index contributed by atoms with van der Waals surface area (Å²) in [5, 5.41) is 14.6. The van der Waals surface area contributed by atoms with E-state index in [2.05, 4.69) is 34.9 Å². The van der Waals surface area contributed by atoms with Crippen LogP contribution in [0.25, 0.3) is 11.1 Å². The Morgan fingerprint density at radius 3 is 2.26 bits per heavy atom. The minimum atomic E-state index is -0.969. The summed E-state index contributed by atoms with van der Waals surface area (Å²) in [6, 6.07) is 16.2. The fraction of sp³-hybridized carbons (Fsp3) is 0.346. The molecule has 0 saturated carbocycles. The minimum absolute atomic E-state index is 0.0237. The predicted octanol–water partition coefficient (Wildman–Crippen LogP) is 3.22. The van der Waals surface area contributed by atoms with Crippen LogP contribution in [-0.2, 0) is 19.1 Å². The average Bonchev–Trinajstić information content (AvgIpc) is 3.14. The van der Waals surface area contributed by atoms with Gasteiger partial charge in [-0.2, -0.15) is 0 Å². The summed E-state index contributed by atoms with van der Waals surface area (Å²) in [7, 11) is 0. The van der Waals surface area contributed by atoms with Gasteiger partial charge in [0.25, 0.3) is 0 Å². The Balaban J connectivity index is 1.25. The Morgan fingerprint density at radius 2 is 1.65 bits per heavy atom. The zero-order valence-electron chi connectivity index (χ0n) is 18.8. The highest BCUT2D eigenvalue weighted by Crippen LogP contribution is 2.44. The monoisotopic (exact) mass is 464 g/mol. The number of carboxylic acids is 1. The van der Waals surface area contributed by atoms with Gasteiger partial charge in [0, 0.05) is 31.8 Å². The van der Waals surface area contributed by atoms with E-state index in [1.54, 1.807) is 0 Å². The maximum Gasteiger partial charge on any atom is 0.407 e. The van der Waals surface area contributed by atoms with Crippen molar-refractivity contribution in [1.29, 1.82) is 0 Å². The molecule has 0 atom stereocenters. The van der Waals surface area contributed by atoms with E-state index in [-0.39, 0.29) is 25.5 Å². The number of carbonyl (C=O) groups excluding carboxylic acids is 2. The molecule has 2 aliphatic rings. The molecule has 0 spiro atoms. The summed E-state index contributed by atoms with van der Waals surface area (Å²) in [4.78, 5) is 35.7. The third kappa shape index (κ3) is 5.46. The van der Waals surface area contributed by atoms with Crippen molar-refractivity contribution in [2.24, 2.45) is 0 Å². The van der Waals surface area contributed by atoms with E-state index in [0.717, 1.165) is 22.3 Å². The highest BCUT2D eigenvalue weighted by Gasteiger charge is 2.36. The fourth-order valence-corrected chi connectivity index (χ4v) is 4.66. The van der Waals surface area contributed by atoms with Gasteiger partial charge in [0.15, 0.2) is 0 Å². The van der Waals surface area contributed by atoms with E-state index < -0.39 is 23.5 Å². The molecule has 34 heavy (non-hydrogen) atoms. The molecule has 178 valence electrons. The number of ether oxygens (including phenoxy) is 2. The minimum Gasteiger partial charge on any atom is -0.481 e. The first-order valence-corrected chi connectivity index (χ1v) is 11.3. The van der Waals surface area contributed by atoms with Crippen molar-refractivity contribution < 1.29 is 29.0 Å².